The van der Waals surface area contributed by atoms with Crippen LogP contribution < -0.4 is 15.8 Å². The fourth-order valence-corrected chi connectivity index (χ4v) is 4.20. The molecule has 1 aliphatic rings. The number of benzene rings is 2. The van der Waals surface area contributed by atoms with Gasteiger partial charge < -0.3 is 15.8 Å². The molecule has 1 amide bonds. The summed E-state index contributed by atoms with van der Waals surface area (Å²) < 4.78 is 7.23. The number of aromatic nitrogens is 3. The summed E-state index contributed by atoms with van der Waals surface area (Å²) >= 11 is 1.54. The quantitative estimate of drug-likeness (QED) is 0.609. The van der Waals surface area contributed by atoms with Gasteiger partial charge in [0.05, 0.1) is 12.7 Å². The first-order valence-corrected chi connectivity index (χ1v) is 10.1. The monoisotopic (exact) mass is 407 g/mol. The number of carbonyl (C=O) groups is 1. The van der Waals surface area contributed by atoms with Crippen molar-refractivity contribution in [3.8, 4) is 5.75 Å². The Bertz CT molecular complexity index is 1080. The second-order valence-electron chi connectivity index (χ2n) is 6.61. The topological polar surface area (TPSA) is 95.1 Å². The third-order valence-electron chi connectivity index (χ3n) is 4.74. The number of hydrogen-bond donors (Lipinski definition) is 2. The summed E-state index contributed by atoms with van der Waals surface area (Å²) in [5, 5.41) is 8.46. The molecule has 0 saturated carbocycles. The van der Waals surface area contributed by atoms with Crippen LogP contribution in [0.15, 0.2) is 71.0 Å². The van der Waals surface area contributed by atoms with Crippen molar-refractivity contribution in [3.63, 3.8) is 0 Å². The summed E-state index contributed by atoms with van der Waals surface area (Å²) in [4.78, 5) is 16.9. The Hall–Kier alpha value is -3.26. The van der Waals surface area contributed by atoms with Crippen LogP contribution in [0.25, 0.3) is 0 Å². The van der Waals surface area contributed by atoms with Gasteiger partial charge in [-0.2, -0.15) is 4.98 Å². The van der Waals surface area contributed by atoms with E-state index in [1.54, 1.807) is 11.8 Å². The molecule has 0 unspecified atom stereocenters. The Balaban J connectivity index is 1.73. The number of rotatable bonds is 6. The molecule has 7 nitrogen and oxygen atoms in total. The van der Waals surface area contributed by atoms with Crippen molar-refractivity contribution in [2.75, 3.05) is 12.4 Å². The average molecular weight is 407 g/mol. The van der Waals surface area contributed by atoms with Crippen LogP contribution in [0.5, 0.6) is 5.75 Å². The summed E-state index contributed by atoms with van der Waals surface area (Å²) in [5.74, 6) is 1.47. The van der Waals surface area contributed by atoms with Gasteiger partial charge in [-0.15, -0.1) is 5.10 Å². The fraction of sp³-hybridized carbons (Fsp3) is 0.190. The molecule has 0 aliphatic carbocycles. The zero-order valence-electron chi connectivity index (χ0n) is 16.1. The maximum absolute atomic E-state index is 12.3. The van der Waals surface area contributed by atoms with E-state index < -0.39 is 11.9 Å². The lowest BCUT2D eigenvalue weighted by molar-refractivity contribution is -0.115. The molecule has 1 aliphatic heterocycles. The lowest BCUT2D eigenvalue weighted by atomic mass is 9.94. The summed E-state index contributed by atoms with van der Waals surface area (Å²) in [6.45, 7) is 1.82. The van der Waals surface area contributed by atoms with Crippen molar-refractivity contribution >= 4 is 23.6 Å². The third kappa shape index (κ3) is 3.71. The SMILES string of the molecule is COc1ccccc1[C@@H]1C(C(N)=O)=C(C)Nc2nc(SCc3ccccc3)nn21. The number of thioether (sulfide) groups is 1. The largest absolute Gasteiger partial charge is 0.496 e. The van der Waals surface area contributed by atoms with Crippen molar-refractivity contribution in [2.24, 2.45) is 5.73 Å². The highest BCUT2D eigenvalue weighted by Gasteiger charge is 2.34. The number of methoxy groups -OCH3 is 1. The molecule has 29 heavy (non-hydrogen) atoms. The molecule has 0 saturated heterocycles. The van der Waals surface area contributed by atoms with Crippen LogP contribution in [0.4, 0.5) is 5.95 Å². The number of nitrogens with zero attached hydrogens (tertiary/aromatic N) is 3. The van der Waals surface area contributed by atoms with Crippen LogP contribution in [-0.2, 0) is 10.5 Å². The van der Waals surface area contributed by atoms with Crippen molar-refractivity contribution in [1.82, 2.24) is 14.8 Å². The number of amides is 1. The molecule has 0 fully saturated rings. The third-order valence-corrected chi connectivity index (χ3v) is 5.65. The number of para-hydroxylation sites is 1. The van der Waals surface area contributed by atoms with Crippen LogP contribution in [0.3, 0.4) is 0 Å². The minimum Gasteiger partial charge on any atom is -0.496 e. The van der Waals surface area contributed by atoms with Gasteiger partial charge in [0, 0.05) is 17.0 Å². The first-order chi connectivity index (χ1) is 14.1. The number of carbonyl (C=O) groups excluding carboxylic acids is 1. The van der Waals surface area contributed by atoms with E-state index in [1.165, 1.54) is 17.3 Å². The number of nitrogens with two attached hydrogens (primary N) is 1. The number of allylic oxidation sites excluding steroid dienone is 1. The van der Waals surface area contributed by atoms with Gasteiger partial charge in [0.15, 0.2) is 0 Å². The number of ether oxygens (including phenoxy) is 1. The van der Waals surface area contributed by atoms with E-state index >= 15 is 0 Å². The fourth-order valence-electron chi connectivity index (χ4n) is 3.41. The van der Waals surface area contributed by atoms with Crippen molar-refractivity contribution in [1.29, 1.82) is 0 Å². The van der Waals surface area contributed by atoms with Crippen LogP contribution in [-0.4, -0.2) is 27.8 Å². The lowest BCUT2D eigenvalue weighted by Gasteiger charge is -2.28. The van der Waals surface area contributed by atoms with Gasteiger partial charge in [-0.25, -0.2) is 4.68 Å². The minimum absolute atomic E-state index is 0.437. The van der Waals surface area contributed by atoms with Gasteiger partial charge in [-0.3, -0.25) is 4.79 Å². The van der Waals surface area contributed by atoms with Crippen LogP contribution >= 0.6 is 11.8 Å². The van der Waals surface area contributed by atoms with Gasteiger partial charge in [-0.05, 0) is 18.6 Å². The van der Waals surface area contributed by atoms with Crippen LogP contribution in [0.1, 0.15) is 24.1 Å². The maximum atomic E-state index is 12.3. The van der Waals surface area contributed by atoms with E-state index in [4.69, 9.17) is 10.5 Å². The standard InChI is InChI=1S/C21H21N5O2S/c1-13-17(19(22)27)18(15-10-6-7-11-16(15)28-2)26-20(23-13)24-21(25-26)29-12-14-8-4-3-5-9-14/h3-11,18H,12H2,1-2H3,(H2,22,27)(H,23,24,25)/t18-/m1/s1. The molecule has 8 heteroatoms. The lowest BCUT2D eigenvalue weighted by Crippen LogP contribution is -2.32. The van der Waals surface area contributed by atoms with Crippen molar-refractivity contribution in [2.45, 2.75) is 23.9 Å². The molecular weight excluding hydrogens is 386 g/mol. The highest BCUT2D eigenvalue weighted by Crippen LogP contribution is 2.39. The Morgan fingerprint density at radius 1 is 1.21 bits per heavy atom. The summed E-state index contributed by atoms with van der Waals surface area (Å²) in [7, 11) is 1.60. The van der Waals surface area contributed by atoms with E-state index in [1.807, 2.05) is 49.4 Å². The van der Waals surface area contributed by atoms with E-state index in [2.05, 4.69) is 27.5 Å². The Morgan fingerprint density at radius 2 is 1.93 bits per heavy atom. The molecule has 2 aromatic carbocycles. The Labute approximate surface area is 173 Å². The first kappa shape index (κ1) is 19.1. The molecule has 3 N–H and O–H groups in total. The average Bonchev–Trinajstić information content (AvgIpc) is 3.14. The number of anilines is 1. The number of primary amides is 1. The highest BCUT2D eigenvalue weighted by molar-refractivity contribution is 7.98. The Kier molecular flexibility index (Phi) is 5.26. The van der Waals surface area contributed by atoms with Crippen molar-refractivity contribution in [3.05, 3.63) is 77.0 Å². The van der Waals surface area contributed by atoms with Gasteiger partial charge in [-0.1, -0.05) is 60.3 Å². The molecule has 2 heterocycles. The number of nitrogens with one attached hydrogen (secondary N) is 1. The zero-order valence-corrected chi connectivity index (χ0v) is 16.9. The van der Waals surface area contributed by atoms with E-state index in [0.29, 0.717) is 28.1 Å². The van der Waals surface area contributed by atoms with Gasteiger partial charge in [0.2, 0.25) is 17.0 Å². The predicted molar refractivity (Wildman–Crippen MR) is 113 cm³/mol. The molecule has 4 rings (SSSR count). The molecule has 148 valence electrons. The number of hydrogen-bond acceptors (Lipinski definition) is 6. The van der Waals surface area contributed by atoms with Crippen molar-refractivity contribution < 1.29 is 9.53 Å². The summed E-state index contributed by atoms with van der Waals surface area (Å²) in [5.41, 5.74) is 8.82. The van der Waals surface area contributed by atoms with Gasteiger partial charge in [0.1, 0.15) is 11.8 Å². The predicted octanol–water partition coefficient (Wildman–Crippen LogP) is 3.35. The van der Waals surface area contributed by atoms with E-state index in [-0.39, 0.29) is 0 Å². The smallest absolute Gasteiger partial charge is 0.248 e. The molecule has 0 radical (unpaired) electrons. The van der Waals surface area contributed by atoms with E-state index in [9.17, 15) is 4.79 Å². The first-order valence-electron chi connectivity index (χ1n) is 9.12. The van der Waals surface area contributed by atoms with Crippen LogP contribution in [0.2, 0.25) is 0 Å². The zero-order chi connectivity index (χ0) is 20.4. The molecular formula is C21H21N5O2S. The highest BCUT2D eigenvalue weighted by atomic mass is 32.2. The molecule has 3 aromatic rings. The second-order valence-corrected chi connectivity index (χ2v) is 7.55. The van der Waals surface area contributed by atoms with E-state index in [0.717, 1.165) is 11.3 Å². The van der Waals surface area contributed by atoms with Crippen LogP contribution in [0, 0.1) is 0 Å². The normalized spacial score (nSPS) is 15.6. The molecule has 0 spiro atoms. The summed E-state index contributed by atoms with van der Waals surface area (Å²) in [6, 6.07) is 17.2. The van der Waals surface area contributed by atoms with Gasteiger partial charge in [0.25, 0.3) is 0 Å². The Morgan fingerprint density at radius 3 is 2.66 bits per heavy atom. The molecule has 1 aromatic heterocycles. The van der Waals surface area contributed by atoms with Gasteiger partial charge >= 0.3 is 0 Å². The molecule has 0 bridgehead atoms. The minimum atomic E-state index is -0.515. The number of fused-ring (bicyclic) bond motifs is 1. The summed E-state index contributed by atoms with van der Waals surface area (Å²) in [6.07, 6.45) is 0. The second kappa shape index (κ2) is 8.00. The molecule has 1 atom stereocenters. The maximum Gasteiger partial charge on any atom is 0.248 e.